The van der Waals surface area contributed by atoms with Crippen molar-refractivity contribution < 1.29 is 9.59 Å². The SMILES string of the molecule is O=C(NCCc1ccccc1)c1cncc(C(=O)NC2CCCCC2)c1. The van der Waals surface area contributed by atoms with E-state index in [4.69, 9.17) is 0 Å². The van der Waals surface area contributed by atoms with E-state index in [1.807, 2.05) is 30.3 Å². The third-order valence-corrected chi connectivity index (χ3v) is 4.75. The van der Waals surface area contributed by atoms with Crippen LogP contribution in [0.4, 0.5) is 0 Å². The molecule has 1 aliphatic carbocycles. The van der Waals surface area contributed by atoms with Crippen molar-refractivity contribution in [3.63, 3.8) is 0 Å². The van der Waals surface area contributed by atoms with Gasteiger partial charge < -0.3 is 10.6 Å². The summed E-state index contributed by atoms with van der Waals surface area (Å²) in [4.78, 5) is 28.8. The molecule has 1 saturated carbocycles. The summed E-state index contributed by atoms with van der Waals surface area (Å²) in [5, 5.41) is 5.94. The Bertz CT molecular complexity index is 740. The van der Waals surface area contributed by atoms with Crippen LogP contribution < -0.4 is 10.6 Å². The molecule has 0 unspecified atom stereocenters. The number of rotatable bonds is 6. The third-order valence-electron chi connectivity index (χ3n) is 4.75. The number of hydrogen-bond acceptors (Lipinski definition) is 3. The van der Waals surface area contributed by atoms with Crippen LogP contribution in [0.1, 0.15) is 58.4 Å². The summed E-state index contributed by atoms with van der Waals surface area (Å²) in [5.74, 6) is -0.357. The van der Waals surface area contributed by atoms with Crippen LogP contribution in [-0.4, -0.2) is 29.4 Å². The van der Waals surface area contributed by atoms with E-state index in [2.05, 4.69) is 15.6 Å². The highest BCUT2D eigenvalue weighted by molar-refractivity contribution is 5.99. The first-order valence-corrected chi connectivity index (χ1v) is 9.30. The van der Waals surface area contributed by atoms with Gasteiger partial charge in [-0.15, -0.1) is 0 Å². The summed E-state index contributed by atoms with van der Waals surface area (Å²) in [6.45, 7) is 0.543. The van der Waals surface area contributed by atoms with Crippen LogP contribution in [0.3, 0.4) is 0 Å². The van der Waals surface area contributed by atoms with Gasteiger partial charge in [-0.05, 0) is 30.9 Å². The normalized spacial score (nSPS) is 14.6. The zero-order valence-corrected chi connectivity index (χ0v) is 14.9. The van der Waals surface area contributed by atoms with E-state index in [1.54, 1.807) is 6.07 Å². The van der Waals surface area contributed by atoms with Gasteiger partial charge >= 0.3 is 0 Å². The predicted octanol–water partition coefficient (Wildman–Crippen LogP) is 3.12. The molecule has 2 N–H and O–H groups in total. The van der Waals surface area contributed by atoms with Gasteiger partial charge in [0.25, 0.3) is 11.8 Å². The molecule has 1 aliphatic rings. The van der Waals surface area contributed by atoms with Crippen LogP contribution in [0.15, 0.2) is 48.8 Å². The van der Waals surface area contributed by atoms with Crippen LogP contribution >= 0.6 is 0 Å². The van der Waals surface area contributed by atoms with Crippen LogP contribution in [-0.2, 0) is 6.42 Å². The average molecular weight is 351 g/mol. The fraction of sp³-hybridized carbons (Fsp3) is 0.381. The number of nitrogens with zero attached hydrogens (tertiary/aromatic N) is 1. The molecular weight excluding hydrogens is 326 g/mol. The van der Waals surface area contributed by atoms with Crippen LogP contribution in [0.2, 0.25) is 0 Å². The summed E-state index contributed by atoms with van der Waals surface area (Å²) in [6, 6.07) is 11.8. The Morgan fingerprint density at radius 2 is 1.65 bits per heavy atom. The summed E-state index contributed by atoms with van der Waals surface area (Å²) in [7, 11) is 0. The zero-order valence-electron chi connectivity index (χ0n) is 14.9. The fourth-order valence-corrected chi connectivity index (χ4v) is 3.27. The summed E-state index contributed by atoms with van der Waals surface area (Å²) < 4.78 is 0. The molecule has 26 heavy (non-hydrogen) atoms. The second-order valence-electron chi connectivity index (χ2n) is 6.76. The minimum absolute atomic E-state index is 0.150. The number of pyridine rings is 1. The van der Waals surface area contributed by atoms with E-state index in [0.29, 0.717) is 17.7 Å². The molecule has 0 atom stereocenters. The van der Waals surface area contributed by atoms with Crippen LogP contribution in [0.25, 0.3) is 0 Å². The van der Waals surface area contributed by atoms with E-state index in [0.717, 1.165) is 32.1 Å². The topological polar surface area (TPSA) is 71.1 Å². The van der Waals surface area contributed by atoms with Crippen LogP contribution in [0, 0.1) is 0 Å². The molecule has 2 aromatic rings. The Kier molecular flexibility index (Phi) is 6.36. The highest BCUT2D eigenvalue weighted by Crippen LogP contribution is 2.18. The highest BCUT2D eigenvalue weighted by atomic mass is 16.2. The molecule has 1 heterocycles. The van der Waals surface area contributed by atoms with Gasteiger partial charge in [-0.2, -0.15) is 0 Å². The fourth-order valence-electron chi connectivity index (χ4n) is 3.27. The molecule has 2 amide bonds. The maximum absolute atomic E-state index is 12.4. The molecule has 1 aromatic heterocycles. The quantitative estimate of drug-likeness (QED) is 0.840. The minimum Gasteiger partial charge on any atom is -0.352 e. The molecule has 0 bridgehead atoms. The van der Waals surface area contributed by atoms with Gasteiger partial charge in [-0.1, -0.05) is 49.6 Å². The van der Waals surface area contributed by atoms with Gasteiger partial charge in [0.15, 0.2) is 0 Å². The smallest absolute Gasteiger partial charge is 0.253 e. The molecule has 1 aromatic carbocycles. The Morgan fingerprint density at radius 3 is 2.38 bits per heavy atom. The molecule has 1 fully saturated rings. The number of hydrogen-bond donors (Lipinski definition) is 2. The Labute approximate surface area is 154 Å². The standard InChI is InChI=1S/C21H25N3O2/c25-20(23-12-11-16-7-3-1-4-8-16)17-13-18(15-22-14-17)21(26)24-19-9-5-2-6-10-19/h1,3-4,7-8,13-15,19H,2,5-6,9-12H2,(H,23,25)(H,24,26). The van der Waals surface area contributed by atoms with Crippen molar-refractivity contribution in [1.82, 2.24) is 15.6 Å². The second-order valence-corrected chi connectivity index (χ2v) is 6.76. The molecule has 0 aliphatic heterocycles. The van der Waals surface area contributed by atoms with E-state index in [-0.39, 0.29) is 17.9 Å². The summed E-state index contributed by atoms with van der Waals surface area (Å²) in [5.41, 5.74) is 2.02. The van der Waals surface area contributed by atoms with Crippen molar-refractivity contribution in [2.24, 2.45) is 0 Å². The van der Waals surface area contributed by atoms with E-state index in [1.165, 1.54) is 24.4 Å². The number of nitrogens with one attached hydrogen (secondary N) is 2. The first-order valence-electron chi connectivity index (χ1n) is 9.30. The Morgan fingerprint density at radius 1 is 0.962 bits per heavy atom. The molecule has 3 rings (SSSR count). The Balaban J connectivity index is 1.53. The zero-order chi connectivity index (χ0) is 18.2. The van der Waals surface area contributed by atoms with Crippen molar-refractivity contribution in [3.05, 3.63) is 65.5 Å². The molecule has 136 valence electrons. The number of carbonyl (C=O) groups excluding carboxylic acids is 2. The lowest BCUT2D eigenvalue weighted by Gasteiger charge is -2.22. The number of amides is 2. The lowest BCUT2D eigenvalue weighted by atomic mass is 9.95. The summed E-state index contributed by atoms with van der Waals surface area (Å²) in [6.07, 6.45) is 9.39. The monoisotopic (exact) mass is 351 g/mol. The Hall–Kier alpha value is -2.69. The number of benzene rings is 1. The molecular formula is C21H25N3O2. The van der Waals surface area contributed by atoms with Crippen molar-refractivity contribution >= 4 is 11.8 Å². The number of aromatic nitrogens is 1. The van der Waals surface area contributed by atoms with Crippen molar-refractivity contribution in [3.8, 4) is 0 Å². The van der Waals surface area contributed by atoms with Crippen LogP contribution in [0.5, 0.6) is 0 Å². The van der Waals surface area contributed by atoms with E-state index in [9.17, 15) is 9.59 Å². The molecule has 0 radical (unpaired) electrons. The van der Waals surface area contributed by atoms with Crippen molar-refractivity contribution in [1.29, 1.82) is 0 Å². The van der Waals surface area contributed by atoms with Gasteiger partial charge in [0, 0.05) is 25.0 Å². The van der Waals surface area contributed by atoms with Gasteiger partial charge in [0.05, 0.1) is 11.1 Å². The lowest BCUT2D eigenvalue weighted by Crippen LogP contribution is -2.36. The van der Waals surface area contributed by atoms with E-state index >= 15 is 0 Å². The third kappa shape index (κ3) is 5.15. The number of carbonyl (C=O) groups is 2. The first-order chi connectivity index (χ1) is 12.7. The van der Waals surface area contributed by atoms with Gasteiger partial charge in [-0.25, -0.2) is 0 Å². The largest absolute Gasteiger partial charge is 0.352 e. The maximum atomic E-state index is 12.4. The molecule has 5 heteroatoms. The molecule has 0 saturated heterocycles. The minimum atomic E-state index is -0.208. The second kappa shape index (κ2) is 9.13. The highest BCUT2D eigenvalue weighted by Gasteiger charge is 2.17. The van der Waals surface area contributed by atoms with Gasteiger partial charge in [-0.3, -0.25) is 14.6 Å². The van der Waals surface area contributed by atoms with Crippen molar-refractivity contribution in [2.45, 2.75) is 44.6 Å². The van der Waals surface area contributed by atoms with Gasteiger partial charge in [0.1, 0.15) is 0 Å². The van der Waals surface area contributed by atoms with Gasteiger partial charge in [0.2, 0.25) is 0 Å². The molecule has 0 spiro atoms. The molecule has 5 nitrogen and oxygen atoms in total. The van der Waals surface area contributed by atoms with E-state index < -0.39 is 0 Å². The first kappa shape index (κ1) is 18.1. The summed E-state index contributed by atoms with van der Waals surface area (Å²) >= 11 is 0. The lowest BCUT2D eigenvalue weighted by molar-refractivity contribution is 0.0927. The predicted molar refractivity (Wildman–Crippen MR) is 101 cm³/mol. The maximum Gasteiger partial charge on any atom is 0.253 e. The average Bonchev–Trinajstić information content (AvgIpc) is 2.69. The van der Waals surface area contributed by atoms with Crippen molar-refractivity contribution in [2.75, 3.05) is 6.54 Å².